The zero-order valence-corrected chi connectivity index (χ0v) is 19.7. The summed E-state index contributed by atoms with van der Waals surface area (Å²) in [7, 11) is 3.54. The minimum Gasteiger partial charge on any atom is -0.497 e. The first-order valence-corrected chi connectivity index (χ1v) is 11.5. The quantitative estimate of drug-likeness (QED) is 0.503. The number of methoxy groups -OCH3 is 1. The molecule has 0 fully saturated rings. The van der Waals surface area contributed by atoms with Crippen LogP contribution in [-0.4, -0.2) is 61.6 Å². The molecule has 30 heavy (non-hydrogen) atoms. The molecule has 2 N–H and O–H groups in total. The Morgan fingerprint density at radius 3 is 2.80 bits per heavy atom. The van der Waals surface area contributed by atoms with E-state index < -0.39 is 0 Å². The van der Waals surface area contributed by atoms with Crippen LogP contribution in [0.3, 0.4) is 0 Å². The fourth-order valence-corrected chi connectivity index (χ4v) is 4.02. The molecule has 0 aliphatic rings. The first-order valence-electron chi connectivity index (χ1n) is 10.7. The lowest BCUT2D eigenvalue weighted by Gasteiger charge is -2.19. The van der Waals surface area contributed by atoms with Gasteiger partial charge in [-0.05, 0) is 51.3 Å². The van der Waals surface area contributed by atoms with Crippen molar-refractivity contribution in [3.63, 3.8) is 0 Å². The van der Waals surface area contributed by atoms with Crippen LogP contribution in [0.4, 0.5) is 5.13 Å². The summed E-state index contributed by atoms with van der Waals surface area (Å²) in [5, 5.41) is 3.85. The van der Waals surface area contributed by atoms with Crippen molar-refractivity contribution < 1.29 is 14.4 Å². The Balaban J connectivity index is 1.78. The smallest absolute Gasteiger partial charge is 0.239 e. The van der Waals surface area contributed by atoms with Gasteiger partial charge in [0.1, 0.15) is 11.6 Å². The van der Waals surface area contributed by atoms with Crippen LogP contribution in [-0.2, 0) is 11.2 Å². The number of hydrogen-bond donors (Lipinski definition) is 2. The first kappa shape index (κ1) is 24.1. The number of amides is 1. The number of benzene rings is 1. The number of nitrogens with one attached hydrogen (secondary N) is 2. The Labute approximate surface area is 184 Å². The Morgan fingerprint density at radius 1 is 1.33 bits per heavy atom. The SMILES string of the molecule is CC[NH+](CC)CCC[C@H](C)NC(=O)CN(C)c1nc(Cc2cccc(OC)c2)ns1. The number of nitrogens with zero attached hydrogens (tertiary/aromatic N) is 3. The van der Waals surface area contributed by atoms with E-state index in [1.54, 1.807) is 12.0 Å². The highest BCUT2D eigenvalue weighted by Crippen LogP contribution is 2.19. The number of quaternary nitrogens is 1. The maximum absolute atomic E-state index is 12.4. The summed E-state index contributed by atoms with van der Waals surface area (Å²) in [4.78, 5) is 20.5. The molecule has 1 heterocycles. The third-order valence-electron chi connectivity index (χ3n) is 5.24. The molecule has 0 saturated heterocycles. The third kappa shape index (κ3) is 7.91. The van der Waals surface area contributed by atoms with Crippen molar-refractivity contribution in [2.24, 2.45) is 0 Å². The second kappa shape index (κ2) is 12.5. The van der Waals surface area contributed by atoms with Crippen LogP contribution in [0, 0.1) is 0 Å². The summed E-state index contributed by atoms with van der Waals surface area (Å²) < 4.78 is 9.71. The molecule has 0 saturated carbocycles. The number of anilines is 1. The van der Waals surface area contributed by atoms with E-state index in [4.69, 9.17) is 4.74 Å². The van der Waals surface area contributed by atoms with Gasteiger partial charge in [0.05, 0.1) is 33.3 Å². The maximum atomic E-state index is 12.4. The zero-order valence-electron chi connectivity index (χ0n) is 18.9. The number of carbonyl (C=O) groups excluding carboxylic acids is 1. The molecule has 0 bridgehead atoms. The van der Waals surface area contributed by atoms with Crippen LogP contribution in [0.15, 0.2) is 24.3 Å². The van der Waals surface area contributed by atoms with Crippen LogP contribution in [0.2, 0.25) is 0 Å². The molecule has 7 nitrogen and oxygen atoms in total. The molecular weight excluding hydrogens is 398 g/mol. The molecule has 0 spiro atoms. The van der Waals surface area contributed by atoms with Gasteiger partial charge in [-0.15, -0.1) is 0 Å². The van der Waals surface area contributed by atoms with Crippen molar-refractivity contribution >= 4 is 22.6 Å². The van der Waals surface area contributed by atoms with Crippen molar-refractivity contribution in [3.8, 4) is 5.75 Å². The fraction of sp³-hybridized carbons (Fsp3) is 0.591. The largest absolute Gasteiger partial charge is 0.497 e. The number of carbonyl (C=O) groups is 1. The molecule has 1 atom stereocenters. The number of aromatic nitrogens is 2. The Morgan fingerprint density at radius 2 is 2.10 bits per heavy atom. The maximum Gasteiger partial charge on any atom is 0.239 e. The van der Waals surface area contributed by atoms with Gasteiger partial charge in [0.15, 0.2) is 0 Å². The molecule has 166 valence electrons. The topological polar surface area (TPSA) is 71.8 Å². The highest BCUT2D eigenvalue weighted by Gasteiger charge is 2.15. The lowest BCUT2D eigenvalue weighted by Crippen LogP contribution is -3.11. The molecule has 0 aliphatic carbocycles. The molecule has 0 radical (unpaired) electrons. The van der Waals surface area contributed by atoms with Crippen molar-refractivity contribution in [2.75, 3.05) is 45.2 Å². The lowest BCUT2D eigenvalue weighted by molar-refractivity contribution is -0.896. The van der Waals surface area contributed by atoms with Gasteiger partial charge in [0.2, 0.25) is 11.0 Å². The molecule has 2 rings (SSSR count). The Hall–Kier alpha value is -2.19. The average Bonchev–Trinajstić information content (AvgIpc) is 3.20. The van der Waals surface area contributed by atoms with Gasteiger partial charge in [0.25, 0.3) is 0 Å². The predicted octanol–water partition coefficient (Wildman–Crippen LogP) is 1.78. The van der Waals surface area contributed by atoms with Gasteiger partial charge in [-0.1, -0.05) is 12.1 Å². The van der Waals surface area contributed by atoms with Crippen LogP contribution < -0.4 is 19.9 Å². The van der Waals surface area contributed by atoms with Gasteiger partial charge >= 0.3 is 0 Å². The molecular formula is C22H36N5O2S+. The molecule has 1 aromatic carbocycles. The van der Waals surface area contributed by atoms with E-state index in [2.05, 4.69) is 35.4 Å². The molecule has 8 heteroatoms. The van der Waals surface area contributed by atoms with Crippen molar-refractivity contribution in [3.05, 3.63) is 35.7 Å². The van der Waals surface area contributed by atoms with Crippen LogP contribution in [0.1, 0.15) is 45.0 Å². The monoisotopic (exact) mass is 434 g/mol. The normalized spacial score (nSPS) is 12.1. The van der Waals surface area contributed by atoms with Gasteiger partial charge in [0, 0.05) is 31.0 Å². The minimum absolute atomic E-state index is 0.0183. The van der Waals surface area contributed by atoms with E-state index in [1.165, 1.54) is 11.5 Å². The Kier molecular flexibility index (Phi) is 10.0. The second-order valence-corrected chi connectivity index (χ2v) is 8.43. The minimum atomic E-state index is 0.0183. The van der Waals surface area contributed by atoms with E-state index in [0.717, 1.165) is 54.7 Å². The van der Waals surface area contributed by atoms with E-state index >= 15 is 0 Å². The predicted molar refractivity (Wildman–Crippen MR) is 123 cm³/mol. The number of likely N-dealkylation sites (N-methyl/N-ethyl adjacent to an activating group) is 1. The first-order chi connectivity index (χ1) is 14.4. The summed E-state index contributed by atoms with van der Waals surface area (Å²) in [5.74, 6) is 1.59. The number of rotatable bonds is 13. The van der Waals surface area contributed by atoms with Crippen LogP contribution >= 0.6 is 11.5 Å². The average molecular weight is 435 g/mol. The van der Waals surface area contributed by atoms with Crippen LogP contribution in [0.25, 0.3) is 0 Å². The van der Waals surface area contributed by atoms with Crippen molar-refractivity contribution in [2.45, 2.75) is 46.1 Å². The highest BCUT2D eigenvalue weighted by atomic mass is 32.1. The zero-order chi connectivity index (χ0) is 21.9. The van der Waals surface area contributed by atoms with Gasteiger partial charge in [-0.25, -0.2) is 4.98 Å². The molecule has 0 unspecified atom stereocenters. The highest BCUT2D eigenvalue weighted by molar-refractivity contribution is 7.09. The third-order valence-corrected chi connectivity index (χ3v) is 6.10. The standard InChI is InChI=1S/C22H35N5O2S/c1-6-27(7-2)13-9-10-17(3)23-21(28)16-26(4)22-24-20(25-30-22)15-18-11-8-12-19(14-18)29-5/h8,11-12,14,17H,6-7,9-10,13,15-16H2,1-5H3,(H,23,28)/p+1/t17-/m0/s1. The van der Waals surface area contributed by atoms with E-state index in [-0.39, 0.29) is 18.5 Å². The molecule has 1 amide bonds. The number of ether oxygens (including phenoxy) is 1. The summed E-state index contributed by atoms with van der Waals surface area (Å²) in [6.45, 7) is 10.3. The molecule has 0 aliphatic heterocycles. The molecule has 1 aromatic heterocycles. The summed E-state index contributed by atoms with van der Waals surface area (Å²) in [6, 6.07) is 8.08. The summed E-state index contributed by atoms with van der Waals surface area (Å²) in [6.07, 6.45) is 2.76. The summed E-state index contributed by atoms with van der Waals surface area (Å²) in [5.41, 5.74) is 1.10. The molecule has 2 aromatic rings. The summed E-state index contributed by atoms with van der Waals surface area (Å²) >= 11 is 1.32. The van der Waals surface area contributed by atoms with E-state index in [9.17, 15) is 4.79 Å². The van der Waals surface area contributed by atoms with Gasteiger partial charge < -0.3 is 19.9 Å². The van der Waals surface area contributed by atoms with Crippen LogP contribution in [0.5, 0.6) is 5.75 Å². The Bertz CT molecular complexity index is 778. The van der Waals surface area contributed by atoms with Crippen molar-refractivity contribution in [1.29, 1.82) is 0 Å². The van der Waals surface area contributed by atoms with Gasteiger partial charge in [-0.2, -0.15) is 4.37 Å². The lowest BCUT2D eigenvalue weighted by atomic mass is 10.1. The second-order valence-electron chi connectivity index (χ2n) is 7.70. The van der Waals surface area contributed by atoms with E-state index in [1.807, 2.05) is 36.2 Å². The van der Waals surface area contributed by atoms with Crippen molar-refractivity contribution in [1.82, 2.24) is 14.7 Å². The van der Waals surface area contributed by atoms with E-state index in [0.29, 0.717) is 6.42 Å². The van der Waals surface area contributed by atoms with Gasteiger partial charge in [-0.3, -0.25) is 4.79 Å². The number of hydrogen-bond acceptors (Lipinski definition) is 6. The fourth-order valence-electron chi connectivity index (χ4n) is 3.37.